The van der Waals surface area contributed by atoms with Crippen molar-refractivity contribution in [2.75, 3.05) is 19.6 Å². The fourth-order valence-electron chi connectivity index (χ4n) is 2.56. The van der Waals surface area contributed by atoms with Crippen molar-refractivity contribution in [3.05, 3.63) is 17.5 Å². The standard InChI is InChI=1S/C14H24N4O2/c1-9-11(7-17-18(9)14(2,3)4)13(20)16-6-10-5-15-8-12(10)19/h7,10,12,15,19H,5-6,8H2,1-4H3,(H,16,20). The van der Waals surface area contributed by atoms with Gasteiger partial charge in [-0.05, 0) is 27.7 Å². The molecule has 2 rings (SSSR count). The molecule has 1 amide bonds. The molecule has 0 bridgehead atoms. The highest BCUT2D eigenvalue weighted by Crippen LogP contribution is 2.18. The monoisotopic (exact) mass is 280 g/mol. The first-order chi connectivity index (χ1) is 9.30. The Kier molecular flexibility index (Phi) is 4.15. The molecule has 2 atom stereocenters. The Hall–Kier alpha value is -1.40. The second kappa shape index (κ2) is 5.54. The van der Waals surface area contributed by atoms with E-state index in [-0.39, 0.29) is 23.5 Å². The number of aliphatic hydroxyl groups excluding tert-OH is 1. The van der Waals surface area contributed by atoms with Crippen molar-refractivity contribution in [1.29, 1.82) is 0 Å². The van der Waals surface area contributed by atoms with Crippen LogP contribution in [-0.2, 0) is 5.54 Å². The first kappa shape index (κ1) is 15.0. The van der Waals surface area contributed by atoms with Gasteiger partial charge in [0, 0.05) is 31.2 Å². The summed E-state index contributed by atoms with van der Waals surface area (Å²) in [6, 6.07) is 0. The first-order valence-corrected chi connectivity index (χ1v) is 7.03. The summed E-state index contributed by atoms with van der Waals surface area (Å²) < 4.78 is 1.86. The average Bonchev–Trinajstić information content (AvgIpc) is 2.92. The molecule has 1 aromatic rings. The maximum atomic E-state index is 12.2. The maximum Gasteiger partial charge on any atom is 0.254 e. The van der Waals surface area contributed by atoms with Crippen molar-refractivity contribution < 1.29 is 9.90 Å². The van der Waals surface area contributed by atoms with E-state index in [2.05, 4.69) is 36.5 Å². The molecule has 1 aromatic heterocycles. The Bertz CT molecular complexity index is 490. The molecule has 0 aromatic carbocycles. The fourth-order valence-corrected chi connectivity index (χ4v) is 2.56. The number of carbonyl (C=O) groups is 1. The zero-order valence-corrected chi connectivity index (χ0v) is 12.6. The third kappa shape index (κ3) is 3.02. The molecule has 3 N–H and O–H groups in total. The van der Waals surface area contributed by atoms with E-state index in [4.69, 9.17) is 0 Å². The van der Waals surface area contributed by atoms with E-state index < -0.39 is 0 Å². The molecule has 1 aliphatic rings. The number of nitrogens with one attached hydrogen (secondary N) is 2. The number of carbonyl (C=O) groups excluding carboxylic acids is 1. The molecule has 112 valence electrons. The van der Waals surface area contributed by atoms with Crippen molar-refractivity contribution in [2.24, 2.45) is 5.92 Å². The number of aromatic nitrogens is 2. The van der Waals surface area contributed by atoms with Crippen LogP contribution in [0.1, 0.15) is 36.8 Å². The van der Waals surface area contributed by atoms with Crippen molar-refractivity contribution in [2.45, 2.75) is 39.3 Å². The van der Waals surface area contributed by atoms with E-state index in [9.17, 15) is 9.90 Å². The molecule has 2 heterocycles. The van der Waals surface area contributed by atoms with Gasteiger partial charge in [0.2, 0.25) is 0 Å². The van der Waals surface area contributed by atoms with Gasteiger partial charge in [0.15, 0.2) is 0 Å². The minimum Gasteiger partial charge on any atom is -0.391 e. The number of nitrogens with zero attached hydrogens (tertiary/aromatic N) is 2. The zero-order chi connectivity index (χ0) is 14.9. The van der Waals surface area contributed by atoms with Crippen LogP contribution in [0.4, 0.5) is 0 Å². The highest BCUT2D eigenvalue weighted by Gasteiger charge is 2.26. The van der Waals surface area contributed by atoms with Crippen molar-refractivity contribution >= 4 is 5.91 Å². The van der Waals surface area contributed by atoms with E-state index in [1.807, 2.05) is 11.6 Å². The average molecular weight is 280 g/mol. The lowest BCUT2D eigenvalue weighted by Crippen LogP contribution is -2.34. The molecule has 20 heavy (non-hydrogen) atoms. The SMILES string of the molecule is Cc1c(C(=O)NCC2CNCC2O)cnn1C(C)(C)C. The molecule has 0 saturated carbocycles. The van der Waals surface area contributed by atoms with E-state index in [1.165, 1.54) is 0 Å². The van der Waals surface area contributed by atoms with Crippen LogP contribution in [0.2, 0.25) is 0 Å². The van der Waals surface area contributed by atoms with Crippen molar-refractivity contribution in [3.63, 3.8) is 0 Å². The van der Waals surface area contributed by atoms with Crippen LogP contribution in [-0.4, -0.2) is 46.5 Å². The van der Waals surface area contributed by atoms with Gasteiger partial charge in [0.25, 0.3) is 5.91 Å². The molecule has 6 nitrogen and oxygen atoms in total. The van der Waals surface area contributed by atoms with Crippen LogP contribution < -0.4 is 10.6 Å². The summed E-state index contributed by atoms with van der Waals surface area (Å²) in [6.07, 6.45) is 1.23. The summed E-state index contributed by atoms with van der Waals surface area (Å²) in [5.41, 5.74) is 1.31. The lowest BCUT2D eigenvalue weighted by Gasteiger charge is -2.21. The molecular formula is C14H24N4O2. The smallest absolute Gasteiger partial charge is 0.254 e. The molecule has 1 fully saturated rings. The summed E-state index contributed by atoms with van der Waals surface area (Å²) >= 11 is 0. The Balaban J connectivity index is 2.01. The van der Waals surface area contributed by atoms with Crippen LogP contribution >= 0.6 is 0 Å². The van der Waals surface area contributed by atoms with Crippen molar-refractivity contribution in [1.82, 2.24) is 20.4 Å². The number of rotatable bonds is 3. The predicted molar refractivity (Wildman–Crippen MR) is 76.7 cm³/mol. The summed E-state index contributed by atoms with van der Waals surface area (Å²) in [5, 5.41) is 20.0. The van der Waals surface area contributed by atoms with Crippen LogP contribution in [0.5, 0.6) is 0 Å². The zero-order valence-electron chi connectivity index (χ0n) is 12.6. The van der Waals surface area contributed by atoms with E-state index >= 15 is 0 Å². The van der Waals surface area contributed by atoms with E-state index in [0.29, 0.717) is 18.7 Å². The summed E-state index contributed by atoms with van der Waals surface area (Å²) in [5.74, 6) is -0.0472. The largest absolute Gasteiger partial charge is 0.391 e. The lowest BCUT2D eigenvalue weighted by atomic mass is 10.1. The van der Waals surface area contributed by atoms with Gasteiger partial charge in [-0.2, -0.15) is 5.10 Å². The van der Waals surface area contributed by atoms with Gasteiger partial charge < -0.3 is 15.7 Å². The van der Waals surface area contributed by atoms with E-state index in [1.54, 1.807) is 6.20 Å². The highest BCUT2D eigenvalue weighted by atomic mass is 16.3. The summed E-state index contributed by atoms with van der Waals surface area (Å²) in [7, 11) is 0. The highest BCUT2D eigenvalue weighted by molar-refractivity contribution is 5.95. The minimum absolute atomic E-state index is 0.0805. The third-order valence-corrected chi connectivity index (χ3v) is 3.72. The summed E-state index contributed by atoms with van der Waals surface area (Å²) in [4.78, 5) is 12.2. The molecular weight excluding hydrogens is 256 g/mol. The van der Waals surface area contributed by atoms with Crippen LogP contribution in [0, 0.1) is 12.8 Å². The Morgan fingerprint density at radius 3 is 2.75 bits per heavy atom. The van der Waals surface area contributed by atoms with Crippen molar-refractivity contribution in [3.8, 4) is 0 Å². The Morgan fingerprint density at radius 2 is 2.25 bits per heavy atom. The second-order valence-corrected chi connectivity index (χ2v) is 6.42. The number of aliphatic hydroxyl groups is 1. The number of β-amino-alcohol motifs (C(OH)–C–C–N with tert-alkyl or cyclic N) is 1. The van der Waals surface area contributed by atoms with Gasteiger partial charge >= 0.3 is 0 Å². The minimum atomic E-state index is -0.381. The van der Waals surface area contributed by atoms with Crippen LogP contribution in [0.25, 0.3) is 0 Å². The number of hydrogen-bond donors (Lipinski definition) is 3. The topological polar surface area (TPSA) is 79.2 Å². The second-order valence-electron chi connectivity index (χ2n) is 6.42. The van der Waals surface area contributed by atoms with Gasteiger partial charge in [-0.3, -0.25) is 9.48 Å². The molecule has 1 saturated heterocycles. The van der Waals surface area contributed by atoms with Gasteiger partial charge in [-0.1, -0.05) is 0 Å². The maximum absolute atomic E-state index is 12.2. The number of hydrogen-bond acceptors (Lipinski definition) is 4. The molecule has 6 heteroatoms. The third-order valence-electron chi connectivity index (χ3n) is 3.72. The Morgan fingerprint density at radius 1 is 1.55 bits per heavy atom. The quantitative estimate of drug-likeness (QED) is 0.742. The molecule has 0 radical (unpaired) electrons. The van der Waals surface area contributed by atoms with Crippen LogP contribution in [0.3, 0.4) is 0 Å². The fraction of sp³-hybridized carbons (Fsp3) is 0.714. The van der Waals surface area contributed by atoms with Crippen LogP contribution in [0.15, 0.2) is 6.20 Å². The molecule has 1 aliphatic heterocycles. The molecule has 0 spiro atoms. The first-order valence-electron chi connectivity index (χ1n) is 7.03. The number of amides is 1. The van der Waals surface area contributed by atoms with Gasteiger partial charge in [0.05, 0.1) is 23.4 Å². The molecule has 0 aliphatic carbocycles. The van der Waals surface area contributed by atoms with Gasteiger partial charge in [0.1, 0.15) is 0 Å². The predicted octanol–water partition coefficient (Wildman–Crippen LogP) is 0.257. The van der Waals surface area contributed by atoms with Gasteiger partial charge in [-0.25, -0.2) is 0 Å². The lowest BCUT2D eigenvalue weighted by molar-refractivity contribution is 0.0926. The Labute approximate surface area is 119 Å². The normalized spacial score (nSPS) is 23.1. The van der Waals surface area contributed by atoms with Gasteiger partial charge in [-0.15, -0.1) is 0 Å². The molecule has 2 unspecified atom stereocenters. The summed E-state index contributed by atoms with van der Waals surface area (Å²) in [6.45, 7) is 9.87. The van der Waals surface area contributed by atoms with E-state index in [0.717, 1.165) is 12.2 Å².